The molecule has 20 heavy (non-hydrogen) atoms. The van der Waals surface area contributed by atoms with Gasteiger partial charge in [-0.25, -0.2) is 4.39 Å². The molecule has 0 aliphatic heterocycles. The average molecular weight is 277 g/mol. The van der Waals surface area contributed by atoms with Crippen molar-refractivity contribution >= 4 is 5.91 Å². The van der Waals surface area contributed by atoms with Crippen LogP contribution < -0.4 is 0 Å². The molecule has 0 saturated carbocycles. The molecule has 0 unspecified atom stereocenters. The van der Waals surface area contributed by atoms with Gasteiger partial charge in [0.2, 0.25) is 0 Å². The lowest BCUT2D eigenvalue weighted by Gasteiger charge is -2.23. The van der Waals surface area contributed by atoms with E-state index in [-0.39, 0.29) is 18.1 Å². The summed E-state index contributed by atoms with van der Waals surface area (Å²) < 4.78 is 13.8. The smallest absolute Gasteiger partial charge is 0.253 e. The van der Waals surface area contributed by atoms with Gasteiger partial charge in [-0.3, -0.25) is 4.79 Å². The van der Waals surface area contributed by atoms with Crippen molar-refractivity contribution in [1.82, 2.24) is 4.90 Å². The van der Waals surface area contributed by atoms with E-state index in [1.54, 1.807) is 11.0 Å². The Kier molecular flexibility index (Phi) is 6.20. The van der Waals surface area contributed by atoms with Gasteiger partial charge < -0.3 is 10.0 Å². The molecule has 0 radical (unpaired) electrons. The van der Waals surface area contributed by atoms with Crippen LogP contribution in [0.5, 0.6) is 0 Å². The van der Waals surface area contributed by atoms with Crippen molar-refractivity contribution < 1.29 is 14.3 Å². The van der Waals surface area contributed by atoms with E-state index in [0.717, 1.165) is 0 Å². The minimum absolute atomic E-state index is 0.179. The van der Waals surface area contributed by atoms with Crippen molar-refractivity contribution in [3.05, 3.63) is 35.1 Å². The summed E-state index contributed by atoms with van der Waals surface area (Å²) in [5.74, 6) is 4.53. The topological polar surface area (TPSA) is 40.5 Å². The van der Waals surface area contributed by atoms with Gasteiger partial charge in [-0.15, -0.1) is 0 Å². The summed E-state index contributed by atoms with van der Waals surface area (Å²) in [6, 6.07) is 4.23. The molecule has 1 amide bonds. The molecule has 0 aromatic heterocycles. The van der Waals surface area contributed by atoms with E-state index >= 15 is 0 Å². The summed E-state index contributed by atoms with van der Waals surface area (Å²) in [4.78, 5) is 14.0. The second-order valence-electron chi connectivity index (χ2n) is 4.89. The molecule has 1 aromatic carbocycles. The predicted octanol–water partition coefficient (Wildman–Crippen LogP) is 2.29. The maximum atomic E-state index is 13.8. The fourth-order valence-electron chi connectivity index (χ4n) is 1.86. The summed E-state index contributed by atoms with van der Waals surface area (Å²) in [5, 5.41) is 8.59. The molecule has 0 saturated heterocycles. The minimum Gasteiger partial charge on any atom is -0.384 e. The van der Waals surface area contributed by atoms with Crippen LogP contribution in [0.4, 0.5) is 4.39 Å². The molecule has 1 N–H and O–H groups in total. The van der Waals surface area contributed by atoms with Crippen molar-refractivity contribution in [1.29, 1.82) is 0 Å². The van der Waals surface area contributed by atoms with Crippen LogP contribution in [-0.2, 0) is 0 Å². The van der Waals surface area contributed by atoms with Crippen LogP contribution in [-0.4, -0.2) is 35.6 Å². The highest BCUT2D eigenvalue weighted by atomic mass is 19.1. The van der Waals surface area contributed by atoms with E-state index in [9.17, 15) is 9.18 Å². The highest BCUT2D eigenvalue weighted by Gasteiger charge is 2.16. The summed E-state index contributed by atoms with van der Waals surface area (Å²) in [6.45, 7) is 6.87. The fraction of sp³-hybridized carbons (Fsp3) is 0.438. The van der Waals surface area contributed by atoms with E-state index in [4.69, 9.17) is 5.11 Å². The Bertz CT molecular complexity index is 529. The predicted molar refractivity (Wildman–Crippen MR) is 76.8 cm³/mol. The lowest BCUT2D eigenvalue weighted by atomic mass is 10.1. The van der Waals surface area contributed by atoms with Crippen LogP contribution in [0.1, 0.15) is 36.7 Å². The lowest BCUT2D eigenvalue weighted by Crippen LogP contribution is -2.34. The quantitative estimate of drug-likeness (QED) is 0.858. The SMILES string of the molecule is CCN(CC(C)C)C(=O)c1ccc(C#CCO)c(F)c1. The molecule has 0 bridgehead atoms. The Hall–Kier alpha value is -1.86. The summed E-state index contributed by atoms with van der Waals surface area (Å²) >= 11 is 0. The highest BCUT2D eigenvalue weighted by Crippen LogP contribution is 2.13. The van der Waals surface area contributed by atoms with Crippen LogP contribution in [0.2, 0.25) is 0 Å². The molecule has 1 aromatic rings. The number of carbonyl (C=O) groups is 1. The van der Waals surface area contributed by atoms with Crippen LogP contribution in [0.25, 0.3) is 0 Å². The molecular formula is C16H20FNO2. The first kappa shape index (κ1) is 16.2. The molecule has 0 atom stereocenters. The molecule has 0 aliphatic rings. The first-order valence-corrected chi connectivity index (χ1v) is 6.68. The van der Waals surface area contributed by atoms with Crippen LogP contribution in [0.15, 0.2) is 18.2 Å². The van der Waals surface area contributed by atoms with Crippen LogP contribution in [0.3, 0.4) is 0 Å². The number of nitrogens with zero attached hydrogens (tertiary/aromatic N) is 1. The molecule has 0 aliphatic carbocycles. The van der Waals surface area contributed by atoms with Gasteiger partial charge in [-0.2, -0.15) is 0 Å². The molecule has 1 rings (SSSR count). The summed E-state index contributed by atoms with van der Waals surface area (Å²) in [7, 11) is 0. The van der Waals surface area contributed by atoms with Crippen molar-refractivity contribution in [2.75, 3.05) is 19.7 Å². The third-order valence-corrected chi connectivity index (χ3v) is 2.77. The van der Waals surface area contributed by atoms with E-state index in [0.29, 0.717) is 24.6 Å². The zero-order valence-corrected chi connectivity index (χ0v) is 12.1. The Morgan fingerprint density at radius 2 is 2.15 bits per heavy atom. The first-order chi connectivity index (χ1) is 9.49. The Labute approximate surface area is 119 Å². The third-order valence-electron chi connectivity index (χ3n) is 2.77. The van der Waals surface area contributed by atoms with E-state index in [1.165, 1.54) is 12.1 Å². The molecule has 0 heterocycles. The van der Waals surface area contributed by atoms with Crippen LogP contribution in [0, 0.1) is 23.6 Å². The number of aliphatic hydroxyl groups is 1. The van der Waals surface area contributed by atoms with E-state index in [2.05, 4.69) is 11.8 Å². The number of amides is 1. The molecule has 4 heteroatoms. The van der Waals surface area contributed by atoms with Gasteiger partial charge in [0.05, 0.1) is 5.56 Å². The molecule has 0 spiro atoms. The largest absolute Gasteiger partial charge is 0.384 e. The second kappa shape index (κ2) is 7.66. The zero-order chi connectivity index (χ0) is 15.1. The summed E-state index contributed by atoms with van der Waals surface area (Å²) in [5.41, 5.74) is 0.502. The van der Waals surface area contributed by atoms with E-state index < -0.39 is 5.82 Å². The van der Waals surface area contributed by atoms with Crippen LogP contribution >= 0.6 is 0 Å². The van der Waals surface area contributed by atoms with Gasteiger partial charge >= 0.3 is 0 Å². The molecule has 3 nitrogen and oxygen atoms in total. The normalized spacial score (nSPS) is 10.1. The Balaban J connectivity index is 2.96. The minimum atomic E-state index is -0.544. The highest BCUT2D eigenvalue weighted by molar-refractivity contribution is 5.94. The van der Waals surface area contributed by atoms with Gasteiger partial charge in [0.1, 0.15) is 12.4 Å². The third kappa shape index (κ3) is 4.36. The van der Waals surface area contributed by atoms with Gasteiger partial charge in [-0.1, -0.05) is 25.7 Å². The molecule has 108 valence electrons. The number of aliphatic hydroxyl groups excluding tert-OH is 1. The Morgan fingerprint density at radius 1 is 1.45 bits per heavy atom. The van der Waals surface area contributed by atoms with Crippen molar-refractivity contribution in [2.45, 2.75) is 20.8 Å². The van der Waals surface area contributed by atoms with Crippen molar-refractivity contribution in [3.8, 4) is 11.8 Å². The van der Waals surface area contributed by atoms with Gasteiger partial charge in [0.15, 0.2) is 0 Å². The maximum absolute atomic E-state index is 13.8. The molecule has 0 fully saturated rings. The number of rotatable bonds is 4. The first-order valence-electron chi connectivity index (χ1n) is 6.68. The van der Waals surface area contributed by atoms with Gasteiger partial charge in [0, 0.05) is 18.7 Å². The fourth-order valence-corrected chi connectivity index (χ4v) is 1.86. The van der Waals surface area contributed by atoms with Crippen molar-refractivity contribution in [2.24, 2.45) is 5.92 Å². The number of carbonyl (C=O) groups excluding carboxylic acids is 1. The summed E-state index contributed by atoms with van der Waals surface area (Å²) in [6.07, 6.45) is 0. The average Bonchev–Trinajstić information content (AvgIpc) is 2.42. The maximum Gasteiger partial charge on any atom is 0.253 e. The van der Waals surface area contributed by atoms with Crippen molar-refractivity contribution in [3.63, 3.8) is 0 Å². The van der Waals surface area contributed by atoms with Gasteiger partial charge in [-0.05, 0) is 31.0 Å². The van der Waals surface area contributed by atoms with E-state index in [1.807, 2.05) is 20.8 Å². The monoisotopic (exact) mass is 277 g/mol. The Morgan fingerprint density at radius 3 is 2.65 bits per heavy atom. The zero-order valence-electron chi connectivity index (χ0n) is 12.1. The lowest BCUT2D eigenvalue weighted by molar-refractivity contribution is 0.0745. The molecular weight excluding hydrogens is 257 g/mol. The number of hydrogen-bond donors (Lipinski definition) is 1. The number of hydrogen-bond acceptors (Lipinski definition) is 2. The second-order valence-corrected chi connectivity index (χ2v) is 4.89. The number of benzene rings is 1. The standard InChI is InChI=1S/C16H20FNO2/c1-4-18(11-12(2)3)16(20)14-8-7-13(6-5-9-19)15(17)10-14/h7-8,10,12,19H,4,9,11H2,1-3H3. The van der Waals surface area contributed by atoms with Gasteiger partial charge in [0.25, 0.3) is 5.91 Å². The number of halogens is 1.